The Morgan fingerprint density at radius 3 is 2.33 bits per heavy atom. The van der Waals surface area contributed by atoms with Crippen LogP contribution < -0.4 is 4.74 Å². The van der Waals surface area contributed by atoms with Crippen LogP contribution in [0.25, 0.3) is 0 Å². The van der Waals surface area contributed by atoms with Gasteiger partial charge >= 0.3 is 6.18 Å². The molecule has 0 spiro atoms. The van der Waals surface area contributed by atoms with E-state index in [-0.39, 0.29) is 5.56 Å². The van der Waals surface area contributed by atoms with E-state index in [1.807, 2.05) is 0 Å². The number of methoxy groups -OCH3 is 1. The Morgan fingerprint density at radius 2 is 1.93 bits per heavy atom. The quantitative estimate of drug-likeness (QED) is 0.737. The Kier molecular flexibility index (Phi) is 3.15. The average Bonchev–Trinajstić information content (AvgIpc) is 2.15. The fourth-order valence-electron chi connectivity index (χ4n) is 0.969. The minimum atomic E-state index is -4.59. The van der Waals surface area contributed by atoms with Crippen molar-refractivity contribution >= 4 is 0 Å². The van der Waals surface area contributed by atoms with Gasteiger partial charge in [0.1, 0.15) is 5.69 Å². The summed E-state index contributed by atoms with van der Waals surface area (Å²) in [6, 6.07) is 1.55. The molecule has 0 aliphatic rings. The third kappa shape index (κ3) is 2.57. The molecular weight excluding hydrogens is 215 g/mol. The number of hydrogen-bond donors (Lipinski definition) is 2. The molecule has 0 bridgehead atoms. The smallest absolute Gasteiger partial charge is 0.433 e. The van der Waals surface area contributed by atoms with Crippen LogP contribution in [0.1, 0.15) is 17.5 Å². The molecule has 0 unspecified atom stereocenters. The molecule has 0 fully saturated rings. The fraction of sp³-hybridized carbons (Fsp3) is 0.375. The molecule has 1 heterocycles. The summed E-state index contributed by atoms with van der Waals surface area (Å²) < 4.78 is 41.1. The van der Waals surface area contributed by atoms with Gasteiger partial charge in [-0.25, -0.2) is 4.98 Å². The molecule has 1 aromatic rings. The molecule has 15 heavy (non-hydrogen) atoms. The third-order valence-corrected chi connectivity index (χ3v) is 1.65. The first-order valence-corrected chi connectivity index (χ1v) is 3.84. The van der Waals surface area contributed by atoms with E-state index in [1.54, 1.807) is 0 Å². The lowest BCUT2D eigenvalue weighted by Gasteiger charge is -2.12. The maximum atomic E-state index is 12.2. The van der Waals surface area contributed by atoms with Gasteiger partial charge in [-0.2, -0.15) is 13.2 Å². The molecule has 0 aromatic carbocycles. The normalized spacial score (nSPS) is 11.9. The van der Waals surface area contributed by atoms with E-state index in [4.69, 9.17) is 10.2 Å². The van der Waals surface area contributed by atoms with Gasteiger partial charge in [-0.05, 0) is 12.1 Å². The molecule has 1 rings (SSSR count). The number of aliphatic hydroxyl groups is 2. The number of aromatic nitrogens is 1. The van der Waals surface area contributed by atoms with Gasteiger partial charge in [-0.3, -0.25) is 0 Å². The van der Waals surface area contributed by atoms with Crippen molar-refractivity contribution in [2.24, 2.45) is 0 Å². The number of alkyl halides is 3. The first-order valence-electron chi connectivity index (χ1n) is 3.84. The molecule has 0 radical (unpaired) electrons. The maximum absolute atomic E-state index is 12.2. The summed E-state index contributed by atoms with van der Waals surface area (Å²) >= 11 is 0. The molecule has 2 N–H and O–H groups in total. The predicted octanol–water partition coefficient (Wildman–Crippen LogP) is 1.09. The monoisotopic (exact) mass is 223 g/mol. The summed E-state index contributed by atoms with van der Waals surface area (Å²) in [7, 11) is 1.09. The standard InChI is InChI=1S/C8H8F3NO3/c1-15-6-4(7(13)14)2-3-5(12-6)8(9,10)11/h2-3,7,13-14H,1H3. The molecule has 4 nitrogen and oxygen atoms in total. The number of ether oxygens (including phenoxy) is 1. The molecule has 0 saturated carbocycles. The van der Waals surface area contributed by atoms with E-state index in [2.05, 4.69) is 9.72 Å². The lowest BCUT2D eigenvalue weighted by atomic mass is 10.2. The lowest BCUT2D eigenvalue weighted by molar-refractivity contribution is -0.141. The first-order chi connectivity index (χ1) is 6.86. The van der Waals surface area contributed by atoms with Gasteiger partial charge in [0, 0.05) is 0 Å². The second-order valence-electron chi connectivity index (χ2n) is 2.67. The van der Waals surface area contributed by atoms with E-state index in [0.29, 0.717) is 6.07 Å². The minimum absolute atomic E-state index is 0.217. The Hall–Kier alpha value is -1.34. The van der Waals surface area contributed by atoms with Gasteiger partial charge in [0.15, 0.2) is 6.29 Å². The highest BCUT2D eigenvalue weighted by atomic mass is 19.4. The van der Waals surface area contributed by atoms with Crippen molar-refractivity contribution < 1.29 is 28.1 Å². The maximum Gasteiger partial charge on any atom is 0.433 e. The number of pyridine rings is 1. The SMILES string of the molecule is COc1nc(C(F)(F)F)ccc1C(O)O. The topological polar surface area (TPSA) is 62.6 Å². The van der Waals surface area contributed by atoms with Crippen molar-refractivity contribution in [2.45, 2.75) is 12.5 Å². The van der Waals surface area contributed by atoms with Crippen molar-refractivity contribution in [1.82, 2.24) is 4.98 Å². The molecule has 0 saturated heterocycles. The Labute approximate surface area is 82.9 Å². The van der Waals surface area contributed by atoms with Crippen LogP contribution in [-0.4, -0.2) is 22.3 Å². The Balaban J connectivity index is 3.19. The number of aliphatic hydroxyl groups excluding tert-OH is 1. The van der Waals surface area contributed by atoms with Crippen LogP contribution in [0.2, 0.25) is 0 Å². The van der Waals surface area contributed by atoms with Gasteiger partial charge in [-0.15, -0.1) is 0 Å². The Morgan fingerprint density at radius 1 is 1.33 bits per heavy atom. The molecule has 0 atom stereocenters. The van der Waals surface area contributed by atoms with E-state index in [1.165, 1.54) is 0 Å². The second kappa shape index (κ2) is 4.03. The summed E-state index contributed by atoms with van der Waals surface area (Å²) in [5.74, 6) is -0.458. The van der Waals surface area contributed by atoms with E-state index in [0.717, 1.165) is 13.2 Å². The van der Waals surface area contributed by atoms with Crippen LogP contribution in [0.15, 0.2) is 12.1 Å². The number of hydrogen-bond acceptors (Lipinski definition) is 4. The van der Waals surface area contributed by atoms with Crippen molar-refractivity contribution in [1.29, 1.82) is 0 Å². The van der Waals surface area contributed by atoms with Gasteiger partial charge < -0.3 is 14.9 Å². The number of halogens is 3. The van der Waals surface area contributed by atoms with Crippen LogP contribution in [0.4, 0.5) is 13.2 Å². The lowest BCUT2D eigenvalue weighted by Crippen LogP contribution is -2.10. The highest BCUT2D eigenvalue weighted by molar-refractivity contribution is 5.30. The molecule has 0 aliphatic heterocycles. The third-order valence-electron chi connectivity index (χ3n) is 1.65. The second-order valence-corrected chi connectivity index (χ2v) is 2.67. The zero-order chi connectivity index (χ0) is 11.6. The van der Waals surface area contributed by atoms with Crippen molar-refractivity contribution in [3.8, 4) is 5.88 Å². The minimum Gasteiger partial charge on any atom is -0.481 e. The van der Waals surface area contributed by atoms with Crippen molar-refractivity contribution in [2.75, 3.05) is 7.11 Å². The zero-order valence-electron chi connectivity index (χ0n) is 7.62. The summed E-state index contributed by atoms with van der Waals surface area (Å²) in [4.78, 5) is 3.12. The fourth-order valence-corrected chi connectivity index (χ4v) is 0.969. The van der Waals surface area contributed by atoms with E-state index in [9.17, 15) is 13.2 Å². The largest absolute Gasteiger partial charge is 0.481 e. The van der Waals surface area contributed by atoms with Gasteiger partial charge in [0.2, 0.25) is 5.88 Å². The zero-order valence-corrected chi connectivity index (χ0v) is 7.62. The summed E-state index contributed by atoms with van der Waals surface area (Å²) in [5.41, 5.74) is -1.37. The predicted molar refractivity (Wildman–Crippen MR) is 43.0 cm³/mol. The Bertz CT molecular complexity index is 351. The van der Waals surface area contributed by atoms with Crippen LogP contribution in [0.5, 0.6) is 5.88 Å². The molecular formula is C8H8F3NO3. The summed E-state index contributed by atoms with van der Waals surface area (Å²) in [6.07, 6.45) is -6.51. The highest BCUT2D eigenvalue weighted by Crippen LogP contribution is 2.31. The van der Waals surface area contributed by atoms with Crippen LogP contribution in [-0.2, 0) is 6.18 Å². The van der Waals surface area contributed by atoms with Crippen LogP contribution in [0, 0.1) is 0 Å². The summed E-state index contributed by atoms with van der Waals surface area (Å²) in [5, 5.41) is 17.6. The molecule has 84 valence electrons. The van der Waals surface area contributed by atoms with E-state index < -0.39 is 24.0 Å². The molecule has 7 heteroatoms. The van der Waals surface area contributed by atoms with E-state index >= 15 is 0 Å². The van der Waals surface area contributed by atoms with Crippen molar-refractivity contribution in [3.63, 3.8) is 0 Å². The summed E-state index contributed by atoms with van der Waals surface area (Å²) in [6.45, 7) is 0. The molecule has 1 aromatic heterocycles. The highest BCUT2D eigenvalue weighted by Gasteiger charge is 2.33. The van der Waals surface area contributed by atoms with Crippen molar-refractivity contribution in [3.05, 3.63) is 23.4 Å². The number of rotatable bonds is 2. The average molecular weight is 223 g/mol. The van der Waals surface area contributed by atoms with Gasteiger partial charge in [-0.1, -0.05) is 0 Å². The first kappa shape index (κ1) is 11.7. The molecule has 0 amide bonds. The molecule has 0 aliphatic carbocycles. The van der Waals surface area contributed by atoms with Crippen LogP contribution in [0.3, 0.4) is 0 Å². The van der Waals surface area contributed by atoms with Crippen LogP contribution >= 0.6 is 0 Å². The van der Waals surface area contributed by atoms with Gasteiger partial charge in [0.05, 0.1) is 12.7 Å². The van der Waals surface area contributed by atoms with Gasteiger partial charge in [0.25, 0.3) is 0 Å². The number of nitrogens with zero attached hydrogens (tertiary/aromatic N) is 1.